The summed E-state index contributed by atoms with van der Waals surface area (Å²) in [6.07, 6.45) is 5.59. The highest BCUT2D eigenvalue weighted by Gasteiger charge is 2.15. The number of nitrogens with zero attached hydrogens (tertiary/aromatic N) is 2. The lowest BCUT2D eigenvalue weighted by molar-refractivity contribution is 0.102. The molecule has 0 aliphatic rings. The third kappa shape index (κ3) is 5.73. The number of fused-ring (bicyclic) bond motifs is 1. The van der Waals surface area contributed by atoms with Gasteiger partial charge in [-0.15, -0.1) is 6.42 Å². The van der Waals surface area contributed by atoms with Gasteiger partial charge in [0.25, 0.3) is 5.91 Å². The maximum atomic E-state index is 12.6. The largest absolute Gasteiger partial charge is 0.493 e. The van der Waals surface area contributed by atoms with Crippen LogP contribution < -0.4 is 25.4 Å². The molecule has 0 bridgehead atoms. The van der Waals surface area contributed by atoms with Gasteiger partial charge in [0.15, 0.2) is 11.5 Å². The van der Waals surface area contributed by atoms with Crippen LogP contribution in [0.2, 0.25) is 0 Å². The predicted molar refractivity (Wildman–Crippen MR) is 154 cm³/mol. The van der Waals surface area contributed by atoms with Crippen molar-refractivity contribution < 1.29 is 14.3 Å². The van der Waals surface area contributed by atoms with Crippen molar-refractivity contribution in [1.82, 2.24) is 9.97 Å². The number of nitrogens with one attached hydrogen (secondary N) is 3. The number of rotatable bonds is 8. The van der Waals surface area contributed by atoms with Crippen LogP contribution in [0.1, 0.15) is 15.9 Å². The first-order chi connectivity index (χ1) is 19.1. The zero-order valence-corrected chi connectivity index (χ0v) is 21.4. The van der Waals surface area contributed by atoms with Gasteiger partial charge in [-0.05, 0) is 54.6 Å². The van der Waals surface area contributed by atoms with Gasteiger partial charge in [0.05, 0.1) is 19.7 Å². The molecule has 0 saturated heterocycles. The molecule has 0 fully saturated rings. The van der Waals surface area contributed by atoms with Crippen LogP contribution in [-0.2, 0) is 0 Å². The fraction of sp³-hybridized carbons (Fsp3) is 0.0645. The SMILES string of the molecule is C#Cc1cccc(Nc2nc(Nc3cccc(NC(=O)c4ccccc4)c3)nc3cc(OC)c(OC)cc23)c1. The van der Waals surface area contributed by atoms with E-state index in [0.29, 0.717) is 45.7 Å². The van der Waals surface area contributed by atoms with Gasteiger partial charge in [-0.25, -0.2) is 4.98 Å². The molecule has 1 amide bonds. The van der Waals surface area contributed by atoms with E-state index in [2.05, 4.69) is 21.9 Å². The van der Waals surface area contributed by atoms with E-state index in [1.165, 1.54) is 0 Å². The van der Waals surface area contributed by atoms with Crippen molar-refractivity contribution in [3.8, 4) is 23.8 Å². The summed E-state index contributed by atoms with van der Waals surface area (Å²) < 4.78 is 11.0. The van der Waals surface area contributed by atoms with Crippen molar-refractivity contribution >= 4 is 45.6 Å². The molecule has 1 heterocycles. The van der Waals surface area contributed by atoms with Crippen LogP contribution in [0.15, 0.2) is 91.0 Å². The predicted octanol–water partition coefficient (Wildman–Crippen LogP) is 6.37. The zero-order valence-electron chi connectivity index (χ0n) is 21.4. The summed E-state index contributed by atoms with van der Waals surface area (Å²) in [5, 5.41) is 10.2. The Bertz CT molecular complexity index is 1700. The molecule has 5 rings (SSSR count). The number of benzene rings is 4. The van der Waals surface area contributed by atoms with E-state index in [1.807, 2.05) is 72.8 Å². The number of amides is 1. The number of hydrogen-bond donors (Lipinski definition) is 3. The van der Waals surface area contributed by atoms with Crippen molar-refractivity contribution in [2.75, 3.05) is 30.2 Å². The lowest BCUT2D eigenvalue weighted by Crippen LogP contribution is -2.11. The molecule has 8 nitrogen and oxygen atoms in total. The molecule has 5 aromatic rings. The highest BCUT2D eigenvalue weighted by atomic mass is 16.5. The molecular weight excluding hydrogens is 490 g/mol. The summed E-state index contributed by atoms with van der Waals surface area (Å²) in [6, 6.07) is 27.5. The van der Waals surface area contributed by atoms with E-state index in [9.17, 15) is 4.79 Å². The standard InChI is InChI=1S/C31H25N5O3/c1-4-20-10-8-13-22(16-20)32-29-25-18-27(38-2)28(39-3)19-26(25)35-31(36-29)34-24-15-9-14-23(17-24)33-30(37)21-11-6-5-7-12-21/h1,5-19H,2-3H3,(H,33,37)(H2,32,34,35,36). The first kappa shape index (κ1) is 25.1. The number of ether oxygens (including phenoxy) is 2. The molecule has 0 radical (unpaired) electrons. The van der Waals surface area contributed by atoms with Gasteiger partial charge in [-0.2, -0.15) is 4.98 Å². The zero-order chi connectivity index (χ0) is 27.2. The van der Waals surface area contributed by atoms with E-state index in [1.54, 1.807) is 32.4 Å². The van der Waals surface area contributed by atoms with Crippen LogP contribution in [-0.4, -0.2) is 30.1 Å². The molecule has 4 aromatic carbocycles. The minimum absolute atomic E-state index is 0.198. The fourth-order valence-corrected chi connectivity index (χ4v) is 4.03. The molecule has 0 aliphatic heterocycles. The van der Waals surface area contributed by atoms with Gasteiger partial charge in [-0.1, -0.05) is 36.3 Å². The van der Waals surface area contributed by atoms with Crippen LogP contribution in [0.25, 0.3) is 10.9 Å². The number of aromatic nitrogens is 2. The van der Waals surface area contributed by atoms with Crippen molar-refractivity contribution in [1.29, 1.82) is 0 Å². The van der Waals surface area contributed by atoms with Gasteiger partial charge in [0.2, 0.25) is 5.95 Å². The Morgan fingerprint density at radius 3 is 2.21 bits per heavy atom. The molecule has 39 heavy (non-hydrogen) atoms. The van der Waals surface area contributed by atoms with Crippen molar-refractivity contribution in [2.24, 2.45) is 0 Å². The van der Waals surface area contributed by atoms with Crippen LogP contribution in [0.5, 0.6) is 11.5 Å². The Morgan fingerprint density at radius 1 is 0.769 bits per heavy atom. The minimum atomic E-state index is -0.198. The van der Waals surface area contributed by atoms with Crippen LogP contribution in [0.3, 0.4) is 0 Å². The quantitative estimate of drug-likeness (QED) is 0.207. The highest BCUT2D eigenvalue weighted by molar-refractivity contribution is 6.04. The molecule has 192 valence electrons. The molecule has 0 saturated carbocycles. The van der Waals surface area contributed by atoms with Crippen molar-refractivity contribution in [2.45, 2.75) is 0 Å². The average Bonchev–Trinajstić information content (AvgIpc) is 2.97. The number of methoxy groups -OCH3 is 2. The Hall–Kier alpha value is -5.55. The minimum Gasteiger partial charge on any atom is -0.493 e. The van der Waals surface area contributed by atoms with Gasteiger partial charge in [-0.3, -0.25) is 4.79 Å². The first-order valence-electron chi connectivity index (χ1n) is 12.1. The Labute approximate surface area is 226 Å². The fourth-order valence-electron chi connectivity index (χ4n) is 4.03. The monoisotopic (exact) mass is 515 g/mol. The number of anilines is 5. The molecule has 0 atom stereocenters. The molecule has 1 aromatic heterocycles. The van der Waals surface area contributed by atoms with E-state index in [-0.39, 0.29) is 5.91 Å². The second kappa shape index (κ2) is 11.2. The van der Waals surface area contributed by atoms with Gasteiger partial charge in [0.1, 0.15) is 5.82 Å². The van der Waals surface area contributed by atoms with Crippen LogP contribution in [0.4, 0.5) is 28.8 Å². The average molecular weight is 516 g/mol. The smallest absolute Gasteiger partial charge is 0.255 e. The summed E-state index contributed by atoms with van der Waals surface area (Å²) >= 11 is 0. The molecule has 3 N–H and O–H groups in total. The third-order valence-electron chi connectivity index (χ3n) is 5.91. The number of carbonyl (C=O) groups is 1. The topological polar surface area (TPSA) is 97.4 Å². The van der Waals surface area contributed by atoms with E-state index in [0.717, 1.165) is 16.6 Å². The summed E-state index contributed by atoms with van der Waals surface area (Å²) in [4.78, 5) is 22.1. The van der Waals surface area contributed by atoms with Crippen molar-refractivity contribution in [3.05, 3.63) is 102 Å². The van der Waals surface area contributed by atoms with E-state index in [4.69, 9.17) is 25.9 Å². The molecule has 0 unspecified atom stereocenters. The molecule has 0 aliphatic carbocycles. The Kier molecular flexibility index (Phi) is 7.23. The summed E-state index contributed by atoms with van der Waals surface area (Å²) in [6.45, 7) is 0. The Morgan fingerprint density at radius 2 is 1.46 bits per heavy atom. The van der Waals surface area contributed by atoms with Gasteiger partial charge < -0.3 is 25.4 Å². The number of carbonyl (C=O) groups excluding carboxylic acids is 1. The lowest BCUT2D eigenvalue weighted by Gasteiger charge is -2.15. The maximum absolute atomic E-state index is 12.6. The number of terminal acetylenes is 1. The maximum Gasteiger partial charge on any atom is 0.255 e. The normalized spacial score (nSPS) is 10.4. The first-order valence-corrected chi connectivity index (χ1v) is 12.1. The van der Waals surface area contributed by atoms with Crippen LogP contribution >= 0.6 is 0 Å². The van der Waals surface area contributed by atoms with E-state index < -0.39 is 0 Å². The summed E-state index contributed by atoms with van der Waals surface area (Å²) in [7, 11) is 3.15. The van der Waals surface area contributed by atoms with Gasteiger partial charge in [0, 0.05) is 39.6 Å². The molecular formula is C31H25N5O3. The summed E-state index contributed by atoms with van der Waals surface area (Å²) in [5.74, 6) is 4.43. The van der Waals surface area contributed by atoms with Crippen LogP contribution in [0, 0.1) is 12.3 Å². The highest BCUT2D eigenvalue weighted by Crippen LogP contribution is 2.36. The molecule has 0 spiro atoms. The lowest BCUT2D eigenvalue weighted by atomic mass is 10.2. The van der Waals surface area contributed by atoms with Crippen molar-refractivity contribution in [3.63, 3.8) is 0 Å². The van der Waals surface area contributed by atoms with Gasteiger partial charge >= 0.3 is 0 Å². The Balaban J connectivity index is 1.50. The summed E-state index contributed by atoms with van der Waals surface area (Å²) in [5.41, 5.74) is 4.05. The second-order valence-corrected chi connectivity index (χ2v) is 8.50. The second-order valence-electron chi connectivity index (χ2n) is 8.50. The third-order valence-corrected chi connectivity index (χ3v) is 5.91. The molecule has 8 heteroatoms. The van der Waals surface area contributed by atoms with E-state index >= 15 is 0 Å². The number of hydrogen-bond acceptors (Lipinski definition) is 7.